The molecule has 0 fully saturated rings. The molecular weight excluding hydrogens is 522 g/mol. The summed E-state index contributed by atoms with van der Waals surface area (Å²) in [5.74, 6) is -0.265. The van der Waals surface area contributed by atoms with Crippen molar-refractivity contribution < 1.29 is 14.0 Å². The Hall–Kier alpha value is -2.65. The van der Waals surface area contributed by atoms with Crippen LogP contribution >= 0.6 is 22.9 Å². The van der Waals surface area contributed by atoms with Gasteiger partial charge in [-0.2, -0.15) is 0 Å². The van der Waals surface area contributed by atoms with Crippen molar-refractivity contribution in [2.75, 3.05) is 23.8 Å². The lowest BCUT2D eigenvalue weighted by molar-refractivity contribution is 0.0766. The van der Waals surface area contributed by atoms with Crippen LogP contribution in [-0.4, -0.2) is 38.2 Å². The number of rotatable bonds is 9. The molecule has 0 atom stereocenters. The summed E-state index contributed by atoms with van der Waals surface area (Å²) in [6, 6.07) is 17.0. The third-order valence-electron chi connectivity index (χ3n) is 7.09. The molecular formula is C28H34ClN3O3SSi. The van der Waals surface area contributed by atoms with Gasteiger partial charge < -0.3 is 20.0 Å². The summed E-state index contributed by atoms with van der Waals surface area (Å²) >= 11 is 7.20. The SMILES string of the molecule is CC(C)(C)[Si](C)(C)OCCNc1cccc(CN2Cc3c(NC(=O)c4ccc(Cl)s4)cccc3C2=O)c1. The van der Waals surface area contributed by atoms with Crippen LogP contribution in [-0.2, 0) is 17.5 Å². The van der Waals surface area contributed by atoms with Gasteiger partial charge in [-0.05, 0) is 60.1 Å². The second-order valence-corrected chi connectivity index (χ2v) is 17.3. The number of carbonyl (C=O) groups excluding carboxylic acids is 2. The first-order valence-corrected chi connectivity index (χ1v) is 16.5. The predicted molar refractivity (Wildman–Crippen MR) is 155 cm³/mol. The lowest BCUT2D eigenvalue weighted by Crippen LogP contribution is -2.41. The van der Waals surface area contributed by atoms with Gasteiger partial charge in [0.05, 0.1) is 15.8 Å². The van der Waals surface area contributed by atoms with Crippen LogP contribution in [0.2, 0.25) is 22.5 Å². The van der Waals surface area contributed by atoms with Gasteiger partial charge in [0, 0.05) is 42.1 Å². The van der Waals surface area contributed by atoms with Crippen molar-refractivity contribution in [3.05, 3.63) is 80.5 Å². The maximum atomic E-state index is 13.2. The van der Waals surface area contributed by atoms with Crippen molar-refractivity contribution in [2.45, 2.75) is 52.0 Å². The number of halogens is 1. The second kappa shape index (κ2) is 11.0. The van der Waals surface area contributed by atoms with Crippen molar-refractivity contribution in [3.63, 3.8) is 0 Å². The van der Waals surface area contributed by atoms with E-state index in [1.54, 1.807) is 18.2 Å². The van der Waals surface area contributed by atoms with Crippen molar-refractivity contribution in [1.82, 2.24) is 4.90 Å². The number of thiophene rings is 1. The van der Waals surface area contributed by atoms with E-state index in [4.69, 9.17) is 16.0 Å². The summed E-state index contributed by atoms with van der Waals surface area (Å²) in [4.78, 5) is 28.1. The molecule has 0 bridgehead atoms. The zero-order valence-electron chi connectivity index (χ0n) is 22.0. The average Bonchev–Trinajstić information content (AvgIpc) is 3.40. The minimum absolute atomic E-state index is 0.0357. The average molecular weight is 556 g/mol. The van der Waals surface area contributed by atoms with Gasteiger partial charge in [0.2, 0.25) is 0 Å². The maximum Gasteiger partial charge on any atom is 0.265 e. The van der Waals surface area contributed by atoms with E-state index in [1.165, 1.54) is 11.3 Å². The van der Waals surface area contributed by atoms with Crippen LogP contribution < -0.4 is 10.6 Å². The first-order valence-electron chi connectivity index (χ1n) is 12.4. The summed E-state index contributed by atoms with van der Waals surface area (Å²) in [7, 11) is -1.77. The summed E-state index contributed by atoms with van der Waals surface area (Å²) in [5, 5.41) is 6.59. The van der Waals surface area contributed by atoms with Crippen LogP contribution in [0.4, 0.5) is 11.4 Å². The summed E-state index contributed by atoms with van der Waals surface area (Å²) < 4.78 is 6.82. The Labute approximate surface area is 229 Å². The molecule has 2 amide bonds. The molecule has 0 spiro atoms. The first kappa shape index (κ1) is 27.4. The molecule has 2 heterocycles. The molecule has 1 aromatic heterocycles. The molecule has 0 saturated carbocycles. The van der Waals surface area contributed by atoms with E-state index in [0.29, 0.717) is 40.2 Å². The fraction of sp³-hybridized carbons (Fsp3) is 0.357. The number of benzene rings is 2. The van der Waals surface area contributed by atoms with Crippen LogP contribution in [0.25, 0.3) is 0 Å². The van der Waals surface area contributed by atoms with Crippen LogP contribution in [0, 0.1) is 0 Å². The molecule has 1 aliphatic heterocycles. The van der Waals surface area contributed by atoms with Gasteiger partial charge in [-0.25, -0.2) is 0 Å². The first-order chi connectivity index (χ1) is 17.4. The molecule has 6 nitrogen and oxygen atoms in total. The molecule has 4 rings (SSSR count). The fourth-order valence-corrected chi connectivity index (χ4v) is 5.96. The van der Waals surface area contributed by atoms with Gasteiger partial charge in [0.25, 0.3) is 11.8 Å². The van der Waals surface area contributed by atoms with Crippen molar-refractivity contribution in [2.24, 2.45) is 0 Å². The van der Waals surface area contributed by atoms with E-state index in [0.717, 1.165) is 23.4 Å². The monoisotopic (exact) mass is 555 g/mol. The van der Waals surface area contributed by atoms with Gasteiger partial charge in [-0.1, -0.05) is 50.6 Å². The Bertz CT molecular complexity index is 1300. The number of fused-ring (bicyclic) bond motifs is 1. The standard InChI is InChI=1S/C28H34ClN3O3SSi/c1-28(2,3)37(4,5)35-15-14-30-20-9-6-8-19(16-20)17-32-18-22-21(27(32)34)10-7-11-23(22)31-26(33)24-12-13-25(29)36-24/h6-13,16,30H,14-15,17-18H2,1-5H3,(H,31,33). The maximum absolute atomic E-state index is 13.2. The lowest BCUT2D eigenvalue weighted by Gasteiger charge is -2.36. The Morgan fingerprint density at radius 1 is 1.14 bits per heavy atom. The zero-order valence-corrected chi connectivity index (χ0v) is 24.6. The fourth-order valence-electron chi connectivity index (χ4n) is 3.97. The largest absolute Gasteiger partial charge is 0.415 e. The van der Waals surface area contributed by atoms with Crippen LogP contribution in [0.1, 0.15) is 51.9 Å². The molecule has 0 unspecified atom stereocenters. The minimum atomic E-state index is -1.77. The summed E-state index contributed by atoms with van der Waals surface area (Å²) in [6.45, 7) is 13.5. The Balaban J connectivity index is 1.37. The highest BCUT2D eigenvalue weighted by Crippen LogP contribution is 2.36. The van der Waals surface area contributed by atoms with Crippen molar-refractivity contribution in [3.8, 4) is 0 Å². The predicted octanol–water partition coefficient (Wildman–Crippen LogP) is 7.24. The molecule has 0 aliphatic carbocycles. The molecule has 2 N–H and O–H groups in total. The molecule has 1 aliphatic rings. The summed E-state index contributed by atoms with van der Waals surface area (Å²) in [6.07, 6.45) is 0. The number of hydrogen-bond donors (Lipinski definition) is 2. The van der Waals surface area contributed by atoms with Crippen LogP contribution in [0.15, 0.2) is 54.6 Å². The highest BCUT2D eigenvalue weighted by molar-refractivity contribution is 7.18. The van der Waals surface area contributed by atoms with Gasteiger partial charge in [0.15, 0.2) is 8.32 Å². The smallest absolute Gasteiger partial charge is 0.265 e. The molecule has 3 aromatic rings. The Morgan fingerprint density at radius 2 is 1.89 bits per heavy atom. The van der Waals surface area contributed by atoms with E-state index in [2.05, 4.69) is 50.6 Å². The van der Waals surface area contributed by atoms with E-state index >= 15 is 0 Å². The van der Waals surface area contributed by atoms with E-state index in [1.807, 2.05) is 35.2 Å². The zero-order chi connectivity index (χ0) is 26.8. The minimum Gasteiger partial charge on any atom is -0.415 e. The Kier molecular flexibility index (Phi) is 8.13. The highest BCUT2D eigenvalue weighted by Gasteiger charge is 2.36. The quantitative estimate of drug-likeness (QED) is 0.215. The molecule has 0 radical (unpaired) electrons. The van der Waals surface area contributed by atoms with Crippen LogP contribution in [0.5, 0.6) is 0 Å². The molecule has 196 valence electrons. The number of hydrogen-bond acceptors (Lipinski definition) is 5. The van der Waals surface area contributed by atoms with Gasteiger partial charge >= 0.3 is 0 Å². The lowest BCUT2D eigenvalue weighted by atomic mass is 10.1. The number of amides is 2. The van der Waals surface area contributed by atoms with Crippen molar-refractivity contribution in [1.29, 1.82) is 0 Å². The Morgan fingerprint density at radius 3 is 2.59 bits per heavy atom. The second-order valence-electron chi connectivity index (χ2n) is 10.8. The van der Waals surface area contributed by atoms with Gasteiger partial charge in [-0.15, -0.1) is 11.3 Å². The molecule has 37 heavy (non-hydrogen) atoms. The topological polar surface area (TPSA) is 70.7 Å². The van der Waals surface area contributed by atoms with E-state index in [9.17, 15) is 9.59 Å². The number of carbonyl (C=O) groups is 2. The third-order valence-corrected chi connectivity index (χ3v) is 12.9. The highest BCUT2D eigenvalue weighted by atomic mass is 35.5. The molecule has 9 heteroatoms. The van der Waals surface area contributed by atoms with Gasteiger partial charge in [-0.3, -0.25) is 9.59 Å². The van der Waals surface area contributed by atoms with E-state index < -0.39 is 8.32 Å². The molecule has 0 saturated heterocycles. The van der Waals surface area contributed by atoms with E-state index in [-0.39, 0.29) is 16.9 Å². The van der Waals surface area contributed by atoms with Crippen LogP contribution in [0.3, 0.4) is 0 Å². The molecule has 2 aromatic carbocycles. The third kappa shape index (κ3) is 6.44. The summed E-state index contributed by atoms with van der Waals surface area (Å²) in [5.41, 5.74) is 4.15. The van der Waals surface area contributed by atoms with Crippen molar-refractivity contribution >= 4 is 54.4 Å². The number of anilines is 2. The van der Waals surface area contributed by atoms with Gasteiger partial charge in [0.1, 0.15) is 0 Å². The number of nitrogens with one attached hydrogen (secondary N) is 2. The normalized spacial score (nSPS) is 13.6. The number of nitrogens with zero attached hydrogens (tertiary/aromatic N) is 1.